The van der Waals surface area contributed by atoms with Gasteiger partial charge in [-0.2, -0.15) is 0 Å². The van der Waals surface area contributed by atoms with Crippen molar-refractivity contribution < 1.29 is 19.4 Å². The van der Waals surface area contributed by atoms with E-state index in [0.717, 1.165) is 25.9 Å². The van der Waals surface area contributed by atoms with Crippen molar-refractivity contribution >= 4 is 11.6 Å². The van der Waals surface area contributed by atoms with E-state index in [9.17, 15) is 14.7 Å². The first-order valence-corrected chi connectivity index (χ1v) is 7.30. The Kier molecular flexibility index (Phi) is 11.8. The summed E-state index contributed by atoms with van der Waals surface area (Å²) in [5.74, 6) is 0.252. The summed E-state index contributed by atoms with van der Waals surface area (Å²) in [5, 5.41) is 9.34. The summed E-state index contributed by atoms with van der Waals surface area (Å²) < 4.78 is 4.93. The minimum atomic E-state index is -0.388. The summed E-state index contributed by atoms with van der Waals surface area (Å²) in [6, 6.07) is 0. The third-order valence-corrected chi connectivity index (χ3v) is 3.21. The Morgan fingerprint density at radius 2 is 1.63 bits per heavy atom. The van der Waals surface area contributed by atoms with E-state index in [1.807, 2.05) is 6.92 Å². The summed E-state index contributed by atoms with van der Waals surface area (Å²) in [5.41, 5.74) is 0. The third-order valence-electron chi connectivity index (χ3n) is 3.21. The van der Waals surface area contributed by atoms with Crippen molar-refractivity contribution in [3.63, 3.8) is 0 Å². The largest absolute Gasteiger partial charge is 0.393 e. The number of ether oxygens (including phenoxy) is 1. The van der Waals surface area contributed by atoms with Gasteiger partial charge in [-0.15, -0.1) is 0 Å². The summed E-state index contributed by atoms with van der Waals surface area (Å²) in [7, 11) is 1.67. The Labute approximate surface area is 116 Å². The molecule has 112 valence electrons. The van der Waals surface area contributed by atoms with Crippen molar-refractivity contribution in [1.29, 1.82) is 0 Å². The number of carbonyl (C=O) groups excluding carboxylic acids is 2. The average molecular weight is 272 g/mol. The number of Topliss-reactive ketones (excluding diaryl/α,β-unsaturated/α-hetero) is 2. The summed E-state index contributed by atoms with van der Waals surface area (Å²) >= 11 is 0. The molecule has 0 spiro atoms. The molecule has 0 aromatic carbocycles. The van der Waals surface area contributed by atoms with Crippen molar-refractivity contribution in [1.82, 2.24) is 0 Å². The van der Waals surface area contributed by atoms with Crippen LogP contribution in [0.15, 0.2) is 0 Å². The number of hydrogen-bond donors (Lipinski definition) is 1. The Morgan fingerprint density at radius 3 is 2.21 bits per heavy atom. The fourth-order valence-corrected chi connectivity index (χ4v) is 1.81. The zero-order valence-electron chi connectivity index (χ0n) is 12.3. The number of aliphatic hydroxyl groups excluding tert-OH is 1. The van der Waals surface area contributed by atoms with Crippen LogP contribution in [0.3, 0.4) is 0 Å². The second-order valence-corrected chi connectivity index (χ2v) is 4.98. The molecular formula is C15H28O4. The number of hydrogen-bond acceptors (Lipinski definition) is 4. The van der Waals surface area contributed by atoms with Crippen LogP contribution in [0.25, 0.3) is 0 Å². The van der Waals surface area contributed by atoms with E-state index in [0.29, 0.717) is 38.5 Å². The smallest absolute Gasteiger partial charge is 0.133 e. The Morgan fingerprint density at radius 1 is 1.00 bits per heavy atom. The van der Waals surface area contributed by atoms with Gasteiger partial charge in [-0.3, -0.25) is 9.59 Å². The van der Waals surface area contributed by atoms with Gasteiger partial charge in [0.2, 0.25) is 0 Å². The topological polar surface area (TPSA) is 63.6 Å². The van der Waals surface area contributed by atoms with E-state index < -0.39 is 0 Å². The molecule has 0 aliphatic heterocycles. The number of unbranched alkanes of at least 4 members (excludes halogenated alkanes) is 2. The lowest BCUT2D eigenvalue weighted by Crippen LogP contribution is -2.09. The van der Waals surface area contributed by atoms with Crippen LogP contribution in [-0.2, 0) is 14.3 Å². The minimum Gasteiger partial charge on any atom is -0.393 e. The molecule has 1 unspecified atom stereocenters. The van der Waals surface area contributed by atoms with Gasteiger partial charge in [-0.25, -0.2) is 0 Å². The van der Waals surface area contributed by atoms with Gasteiger partial charge >= 0.3 is 0 Å². The van der Waals surface area contributed by atoms with Gasteiger partial charge in [0.15, 0.2) is 0 Å². The molecule has 1 atom stereocenters. The first kappa shape index (κ1) is 18.3. The van der Waals surface area contributed by atoms with E-state index in [1.165, 1.54) is 0 Å². The average Bonchev–Trinajstić information content (AvgIpc) is 2.42. The molecule has 1 N–H and O–H groups in total. The second kappa shape index (κ2) is 12.3. The fourth-order valence-electron chi connectivity index (χ4n) is 1.81. The number of ketones is 2. The van der Waals surface area contributed by atoms with Gasteiger partial charge in [0.25, 0.3) is 0 Å². The van der Waals surface area contributed by atoms with Gasteiger partial charge in [-0.1, -0.05) is 13.3 Å². The predicted octanol–water partition coefficient (Wildman–Crippen LogP) is 2.66. The van der Waals surface area contributed by atoms with Crippen LogP contribution in [0.2, 0.25) is 0 Å². The Bertz CT molecular complexity index is 251. The highest BCUT2D eigenvalue weighted by molar-refractivity contribution is 5.85. The maximum absolute atomic E-state index is 11.5. The lowest BCUT2D eigenvalue weighted by atomic mass is 10.0. The number of rotatable bonds is 13. The zero-order valence-corrected chi connectivity index (χ0v) is 12.3. The SMILES string of the molecule is CCC(O)CCC(=O)CCC(=O)CCCCCOC. The molecule has 0 heterocycles. The highest BCUT2D eigenvalue weighted by Crippen LogP contribution is 2.08. The van der Waals surface area contributed by atoms with Crippen LogP contribution in [0.1, 0.15) is 64.7 Å². The molecule has 0 amide bonds. The lowest BCUT2D eigenvalue weighted by Gasteiger charge is -2.06. The molecule has 0 aliphatic carbocycles. The standard InChI is InChI=1S/C15H28O4/c1-3-13(16)8-9-15(18)11-10-14(17)7-5-4-6-12-19-2/h13,16H,3-12H2,1-2H3. The van der Waals surface area contributed by atoms with Crippen LogP contribution >= 0.6 is 0 Å². The minimum absolute atomic E-state index is 0.0835. The van der Waals surface area contributed by atoms with Gasteiger partial charge in [-0.05, 0) is 25.7 Å². The fraction of sp³-hybridized carbons (Fsp3) is 0.867. The number of aliphatic hydroxyl groups is 1. The van der Waals surface area contributed by atoms with E-state index in [2.05, 4.69) is 0 Å². The molecule has 0 rings (SSSR count). The van der Waals surface area contributed by atoms with Gasteiger partial charge in [0.1, 0.15) is 11.6 Å². The van der Waals surface area contributed by atoms with Gasteiger partial charge in [0.05, 0.1) is 6.10 Å². The lowest BCUT2D eigenvalue weighted by molar-refractivity contribution is -0.124. The normalized spacial score (nSPS) is 12.4. The van der Waals surface area contributed by atoms with Crippen LogP contribution in [-0.4, -0.2) is 36.5 Å². The van der Waals surface area contributed by atoms with Gasteiger partial charge < -0.3 is 9.84 Å². The van der Waals surface area contributed by atoms with Crippen LogP contribution in [0.5, 0.6) is 0 Å². The molecule has 0 radical (unpaired) electrons. The predicted molar refractivity (Wildman–Crippen MR) is 75.1 cm³/mol. The third kappa shape index (κ3) is 12.1. The molecule has 0 saturated heterocycles. The van der Waals surface area contributed by atoms with E-state index in [-0.39, 0.29) is 17.7 Å². The van der Waals surface area contributed by atoms with E-state index in [1.54, 1.807) is 7.11 Å². The summed E-state index contributed by atoms with van der Waals surface area (Å²) in [4.78, 5) is 23.0. The van der Waals surface area contributed by atoms with Crippen molar-refractivity contribution in [3.8, 4) is 0 Å². The van der Waals surface area contributed by atoms with Crippen LogP contribution in [0.4, 0.5) is 0 Å². The molecule has 4 heteroatoms. The monoisotopic (exact) mass is 272 g/mol. The molecule has 0 saturated carbocycles. The van der Waals surface area contributed by atoms with Crippen molar-refractivity contribution in [2.24, 2.45) is 0 Å². The molecule has 0 fully saturated rings. The van der Waals surface area contributed by atoms with Crippen LogP contribution in [0, 0.1) is 0 Å². The first-order valence-electron chi connectivity index (χ1n) is 7.30. The molecule has 0 bridgehead atoms. The van der Waals surface area contributed by atoms with Crippen molar-refractivity contribution in [3.05, 3.63) is 0 Å². The molecular weight excluding hydrogens is 244 g/mol. The zero-order chi connectivity index (χ0) is 14.5. The Hall–Kier alpha value is -0.740. The van der Waals surface area contributed by atoms with Crippen molar-refractivity contribution in [2.45, 2.75) is 70.8 Å². The number of carbonyl (C=O) groups is 2. The maximum atomic E-state index is 11.5. The first-order chi connectivity index (χ1) is 9.10. The summed E-state index contributed by atoms with van der Waals surface area (Å²) in [6.45, 7) is 2.63. The molecule has 19 heavy (non-hydrogen) atoms. The molecule has 0 aromatic heterocycles. The van der Waals surface area contributed by atoms with E-state index in [4.69, 9.17) is 4.74 Å². The molecule has 4 nitrogen and oxygen atoms in total. The Balaban J connectivity index is 3.48. The number of methoxy groups -OCH3 is 1. The highest BCUT2D eigenvalue weighted by atomic mass is 16.5. The van der Waals surface area contributed by atoms with E-state index >= 15 is 0 Å². The molecule has 0 aromatic rings. The van der Waals surface area contributed by atoms with Crippen LogP contribution < -0.4 is 0 Å². The molecule has 0 aliphatic rings. The second-order valence-electron chi connectivity index (χ2n) is 4.98. The maximum Gasteiger partial charge on any atom is 0.133 e. The highest BCUT2D eigenvalue weighted by Gasteiger charge is 2.09. The van der Waals surface area contributed by atoms with Gasteiger partial charge in [0, 0.05) is 39.4 Å². The quantitative estimate of drug-likeness (QED) is 0.524. The van der Waals surface area contributed by atoms with Crippen molar-refractivity contribution in [2.75, 3.05) is 13.7 Å². The summed E-state index contributed by atoms with van der Waals surface area (Å²) in [6.07, 6.45) is 5.29.